The second-order valence-corrected chi connectivity index (χ2v) is 7.24. The summed E-state index contributed by atoms with van der Waals surface area (Å²) in [5, 5.41) is 0.134. The van der Waals surface area contributed by atoms with Crippen molar-refractivity contribution in [3.05, 3.63) is 69.7 Å². The van der Waals surface area contributed by atoms with E-state index < -0.39 is 16.0 Å². The van der Waals surface area contributed by atoms with Crippen molar-refractivity contribution in [3.63, 3.8) is 0 Å². The summed E-state index contributed by atoms with van der Waals surface area (Å²) in [5.74, 6) is 0.116. The summed E-state index contributed by atoms with van der Waals surface area (Å²) in [6.07, 6.45) is 0. The molecule has 0 fully saturated rings. The van der Waals surface area contributed by atoms with Gasteiger partial charge in [0.2, 0.25) is 0 Å². The summed E-state index contributed by atoms with van der Waals surface area (Å²) >= 11 is 11.8. The van der Waals surface area contributed by atoms with Gasteiger partial charge in [-0.1, -0.05) is 53.5 Å². The van der Waals surface area contributed by atoms with Gasteiger partial charge in [0.15, 0.2) is 5.78 Å². The molecule has 0 saturated heterocycles. The quantitative estimate of drug-likeness (QED) is 0.750. The van der Waals surface area contributed by atoms with Gasteiger partial charge >= 0.3 is 0 Å². The first-order chi connectivity index (χ1) is 9.99. The molecule has 110 valence electrons. The van der Waals surface area contributed by atoms with Crippen molar-refractivity contribution >= 4 is 39.8 Å². The van der Waals surface area contributed by atoms with Crippen LogP contribution in [0.25, 0.3) is 0 Å². The molecule has 0 bridgehead atoms. The van der Waals surface area contributed by atoms with E-state index in [2.05, 4.69) is 0 Å². The van der Waals surface area contributed by atoms with E-state index in [4.69, 9.17) is 23.2 Å². The van der Waals surface area contributed by atoms with E-state index in [-0.39, 0.29) is 10.8 Å². The molecular formula is C16H14Cl2O2S. The Bertz CT molecular complexity index is 671. The minimum absolute atomic E-state index is 0.231. The number of carbonyl (C=O) groups is 1. The molecule has 2 aromatic carbocycles. The average molecular weight is 341 g/mol. The molecule has 0 aliphatic heterocycles. The average Bonchev–Trinajstić information content (AvgIpc) is 2.47. The largest absolute Gasteiger partial charge is 0.293 e. The van der Waals surface area contributed by atoms with E-state index in [0.29, 0.717) is 16.3 Å². The standard InChI is InChI=1S/C16H14Cl2O2S/c1-11(21(20)10-12-5-3-2-4-6-12)16(19)14-8-7-13(17)9-15(14)18/h2-9,11H,10H2,1H3. The fourth-order valence-electron chi connectivity index (χ4n) is 1.89. The molecule has 0 amide bonds. The number of hydrogen-bond donors (Lipinski definition) is 0. The number of carbonyl (C=O) groups excluding carboxylic acids is 1. The van der Waals surface area contributed by atoms with Crippen molar-refractivity contribution < 1.29 is 9.00 Å². The summed E-state index contributed by atoms with van der Waals surface area (Å²) in [6.45, 7) is 1.66. The Labute approximate surface area is 136 Å². The lowest BCUT2D eigenvalue weighted by molar-refractivity contribution is 0.0993. The first-order valence-electron chi connectivity index (χ1n) is 6.39. The Morgan fingerprint density at radius 1 is 1.14 bits per heavy atom. The molecule has 2 aromatic rings. The van der Waals surface area contributed by atoms with Crippen LogP contribution < -0.4 is 0 Å². The van der Waals surface area contributed by atoms with Crippen molar-refractivity contribution in [1.29, 1.82) is 0 Å². The summed E-state index contributed by atoms with van der Waals surface area (Å²) in [7, 11) is -1.30. The second-order valence-electron chi connectivity index (χ2n) is 4.64. The SMILES string of the molecule is CC(C(=O)c1ccc(Cl)cc1Cl)S(=O)Cc1ccccc1. The van der Waals surface area contributed by atoms with Crippen LogP contribution in [0.1, 0.15) is 22.8 Å². The first-order valence-corrected chi connectivity index (χ1v) is 8.53. The zero-order valence-electron chi connectivity index (χ0n) is 11.4. The molecule has 0 aliphatic carbocycles. The molecule has 0 heterocycles. The van der Waals surface area contributed by atoms with E-state index in [1.807, 2.05) is 30.3 Å². The Balaban J connectivity index is 2.13. The molecule has 5 heteroatoms. The number of rotatable bonds is 5. The van der Waals surface area contributed by atoms with E-state index in [0.717, 1.165) is 5.56 Å². The van der Waals surface area contributed by atoms with Crippen LogP contribution in [0.2, 0.25) is 10.0 Å². The van der Waals surface area contributed by atoms with Gasteiger partial charge in [-0.05, 0) is 30.7 Å². The molecule has 2 rings (SSSR count). The molecule has 0 aromatic heterocycles. The molecule has 0 spiro atoms. The summed E-state index contributed by atoms with van der Waals surface area (Å²) in [6, 6.07) is 14.1. The fraction of sp³-hybridized carbons (Fsp3) is 0.188. The number of benzene rings is 2. The zero-order valence-corrected chi connectivity index (χ0v) is 13.7. The number of hydrogen-bond acceptors (Lipinski definition) is 2. The summed E-state index contributed by atoms with van der Waals surface area (Å²) in [4.78, 5) is 12.4. The van der Waals surface area contributed by atoms with E-state index >= 15 is 0 Å². The molecule has 2 unspecified atom stereocenters. The second kappa shape index (κ2) is 7.21. The van der Waals surface area contributed by atoms with Gasteiger partial charge in [0, 0.05) is 27.1 Å². The molecule has 0 radical (unpaired) electrons. The lowest BCUT2D eigenvalue weighted by atomic mass is 10.1. The third-order valence-electron chi connectivity index (χ3n) is 3.11. The van der Waals surface area contributed by atoms with Crippen LogP contribution in [0.4, 0.5) is 0 Å². The lowest BCUT2D eigenvalue weighted by Gasteiger charge is -2.12. The van der Waals surface area contributed by atoms with Crippen molar-refractivity contribution in [2.75, 3.05) is 0 Å². The minimum atomic E-state index is -1.30. The van der Waals surface area contributed by atoms with E-state index in [1.54, 1.807) is 19.1 Å². The monoisotopic (exact) mass is 340 g/mol. The van der Waals surface area contributed by atoms with Gasteiger partial charge in [-0.15, -0.1) is 0 Å². The Kier molecular flexibility index (Phi) is 5.57. The Morgan fingerprint density at radius 2 is 1.81 bits per heavy atom. The number of Topliss-reactive ketones (excluding diaryl/α,β-unsaturated/α-hetero) is 1. The van der Waals surface area contributed by atoms with Crippen LogP contribution in [-0.4, -0.2) is 15.2 Å². The van der Waals surface area contributed by atoms with Gasteiger partial charge in [-0.25, -0.2) is 0 Å². The zero-order chi connectivity index (χ0) is 15.4. The third kappa shape index (κ3) is 4.16. The van der Waals surface area contributed by atoms with Gasteiger partial charge in [0.1, 0.15) is 0 Å². The van der Waals surface area contributed by atoms with Crippen LogP contribution in [0.5, 0.6) is 0 Å². The predicted octanol–water partition coefficient (Wildman–Crippen LogP) is 4.51. The minimum Gasteiger partial charge on any atom is -0.293 e. The van der Waals surface area contributed by atoms with Crippen LogP contribution >= 0.6 is 23.2 Å². The molecule has 0 N–H and O–H groups in total. The van der Waals surface area contributed by atoms with Crippen LogP contribution in [-0.2, 0) is 16.6 Å². The Morgan fingerprint density at radius 3 is 2.43 bits per heavy atom. The van der Waals surface area contributed by atoms with Gasteiger partial charge in [-0.2, -0.15) is 0 Å². The fourth-order valence-corrected chi connectivity index (χ4v) is 3.53. The van der Waals surface area contributed by atoms with Crippen LogP contribution in [0.3, 0.4) is 0 Å². The lowest BCUT2D eigenvalue weighted by Crippen LogP contribution is -2.24. The van der Waals surface area contributed by atoms with Gasteiger partial charge in [0.25, 0.3) is 0 Å². The maximum absolute atomic E-state index is 12.4. The van der Waals surface area contributed by atoms with E-state index in [1.165, 1.54) is 6.07 Å². The first kappa shape index (κ1) is 16.2. The van der Waals surface area contributed by atoms with Crippen LogP contribution in [0.15, 0.2) is 48.5 Å². The van der Waals surface area contributed by atoms with Crippen molar-refractivity contribution in [2.45, 2.75) is 17.9 Å². The van der Waals surface area contributed by atoms with Gasteiger partial charge < -0.3 is 0 Å². The highest BCUT2D eigenvalue weighted by Crippen LogP contribution is 2.23. The smallest absolute Gasteiger partial charge is 0.179 e. The van der Waals surface area contributed by atoms with Crippen molar-refractivity contribution in [1.82, 2.24) is 0 Å². The molecule has 2 atom stereocenters. The van der Waals surface area contributed by atoms with Gasteiger partial charge in [-0.3, -0.25) is 9.00 Å². The molecule has 0 saturated carbocycles. The molecule has 0 aliphatic rings. The number of ketones is 1. The number of halogens is 2. The topological polar surface area (TPSA) is 34.1 Å². The maximum atomic E-state index is 12.4. The molecule has 21 heavy (non-hydrogen) atoms. The summed E-state index contributed by atoms with van der Waals surface area (Å²) < 4.78 is 12.3. The third-order valence-corrected chi connectivity index (χ3v) is 5.28. The van der Waals surface area contributed by atoms with Crippen LogP contribution in [0, 0.1) is 0 Å². The highest BCUT2D eigenvalue weighted by molar-refractivity contribution is 7.85. The Hall–Kier alpha value is -1.16. The molecular weight excluding hydrogens is 327 g/mol. The van der Waals surface area contributed by atoms with Crippen molar-refractivity contribution in [3.8, 4) is 0 Å². The highest BCUT2D eigenvalue weighted by Gasteiger charge is 2.23. The van der Waals surface area contributed by atoms with E-state index in [9.17, 15) is 9.00 Å². The predicted molar refractivity (Wildman–Crippen MR) is 88.5 cm³/mol. The maximum Gasteiger partial charge on any atom is 0.179 e. The van der Waals surface area contributed by atoms with Gasteiger partial charge in [0.05, 0.1) is 10.3 Å². The molecule has 2 nitrogen and oxygen atoms in total. The normalized spacial score (nSPS) is 13.7. The highest BCUT2D eigenvalue weighted by atomic mass is 35.5. The van der Waals surface area contributed by atoms with Crippen molar-refractivity contribution in [2.24, 2.45) is 0 Å². The summed E-state index contributed by atoms with van der Waals surface area (Å²) in [5.41, 5.74) is 1.30.